The van der Waals surface area contributed by atoms with Crippen molar-refractivity contribution >= 4 is 22.5 Å². The lowest BCUT2D eigenvalue weighted by atomic mass is 10.2. The summed E-state index contributed by atoms with van der Waals surface area (Å²) in [5.74, 6) is 0.578. The van der Waals surface area contributed by atoms with Crippen molar-refractivity contribution in [3.05, 3.63) is 33.8 Å². The van der Waals surface area contributed by atoms with Gasteiger partial charge in [-0.1, -0.05) is 0 Å². The normalized spacial score (nSPS) is 10.8. The monoisotopic (exact) mass is 254 g/mol. The number of fused-ring (bicyclic) bond motifs is 1. The molecule has 5 nitrogen and oxygen atoms in total. The van der Waals surface area contributed by atoms with Crippen molar-refractivity contribution in [2.24, 2.45) is 0 Å². The second-order valence-corrected chi connectivity index (χ2v) is 3.78. The first-order chi connectivity index (χ1) is 8.17. The minimum atomic E-state index is -0.284. The highest BCUT2D eigenvalue weighted by atomic mass is 35.5. The minimum Gasteiger partial charge on any atom is -0.497 e. The molecule has 90 valence electrons. The molecule has 17 heavy (non-hydrogen) atoms. The van der Waals surface area contributed by atoms with E-state index in [1.807, 2.05) is 0 Å². The molecule has 0 atom stereocenters. The molecular weight excluding hydrogens is 244 g/mol. The zero-order valence-electron chi connectivity index (χ0n) is 9.18. The van der Waals surface area contributed by atoms with Crippen molar-refractivity contribution in [3.8, 4) is 5.75 Å². The molecule has 0 aliphatic rings. The molecule has 0 radical (unpaired) electrons. The number of methoxy groups -OCH3 is 1. The molecule has 1 aromatic carbocycles. The highest BCUT2D eigenvalue weighted by Gasteiger charge is 2.09. The Morgan fingerprint density at radius 3 is 2.94 bits per heavy atom. The van der Waals surface area contributed by atoms with Crippen molar-refractivity contribution in [1.82, 2.24) is 9.55 Å². The molecule has 0 saturated heterocycles. The highest BCUT2D eigenvalue weighted by molar-refractivity contribution is 6.28. The minimum absolute atomic E-state index is 0.0710. The Morgan fingerprint density at radius 2 is 2.29 bits per heavy atom. The predicted molar refractivity (Wildman–Crippen MR) is 64.7 cm³/mol. The highest BCUT2D eigenvalue weighted by Crippen LogP contribution is 2.18. The first kappa shape index (κ1) is 11.9. The van der Waals surface area contributed by atoms with Crippen LogP contribution in [0.25, 0.3) is 10.9 Å². The van der Waals surface area contributed by atoms with Gasteiger partial charge in [-0.05, 0) is 29.8 Å². The molecule has 0 bridgehead atoms. The van der Waals surface area contributed by atoms with E-state index in [1.54, 1.807) is 18.2 Å². The molecular formula is C11H11ClN2O3. The second kappa shape index (κ2) is 4.73. The van der Waals surface area contributed by atoms with Crippen molar-refractivity contribution in [2.75, 3.05) is 13.7 Å². The molecule has 0 saturated carbocycles. The fourth-order valence-electron chi connectivity index (χ4n) is 1.59. The van der Waals surface area contributed by atoms with Crippen LogP contribution in [0.3, 0.4) is 0 Å². The summed E-state index contributed by atoms with van der Waals surface area (Å²) in [5.41, 5.74) is 0.225. The molecule has 0 amide bonds. The average molecular weight is 255 g/mol. The fourth-order valence-corrected chi connectivity index (χ4v) is 1.85. The van der Waals surface area contributed by atoms with Gasteiger partial charge in [0, 0.05) is 0 Å². The van der Waals surface area contributed by atoms with Crippen molar-refractivity contribution < 1.29 is 9.84 Å². The first-order valence-corrected chi connectivity index (χ1v) is 5.40. The molecule has 1 N–H and O–H groups in total. The van der Waals surface area contributed by atoms with Crippen LogP contribution in [-0.4, -0.2) is 28.4 Å². The van der Waals surface area contributed by atoms with E-state index in [-0.39, 0.29) is 24.0 Å². The molecule has 0 fully saturated rings. The summed E-state index contributed by atoms with van der Waals surface area (Å²) < 4.78 is 6.27. The molecule has 0 unspecified atom stereocenters. The van der Waals surface area contributed by atoms with Gasteiger partial charge in [-0.25, -0.2) is 4.98 Å². The van der Waals surface area contributed by atoms with Crippen LogP contribution in [0.1, 0.15) is 0 Å². The number of halogens is 1. The fraction of sp³-hybridized carbons (Fsp3) is 0.273. The van der Waals surface area contributed by atoms with Crippen LogP contribution in [-0.2, 0) is 6.54 Å². The summed E-state index contributed by atoms with van der Waals surface area (Å²) in [4.78, 5) is 16.2. The first-order valence-electron chi connectivity index (χ1n) is 5.02. The van der Waals surface area contributed by atoms with E-state index in [9.17, 15) is 4.79 Å². The van der Waals surface area contributed by atoms with Gasteiger partial charge in [0.1, 0.15) is 5.75 Å². The summed E-state index contributed by atoms with van der Waals surface area (Å²) in [6.45, 7) is -0.0470. The van der Waals surface area contributed by atoms with E-state index >= 15 is 0 Å². The zero-order chi connectivity index (χ0) is 12.4. The molecule has 2 rings (SSSR count). The zero-order valence-corrected chi connectivity index (χ0v) is 9.94. The van der Waals surface area contributed by atoms with Gasteiger partial charge in [0.05, 0.1) is 31.2 Å². The third-order valence-corrected chi connectivity index (χ3v) is 2.73. The maximum atomic E-state index is 12.1. The topological polar surface area (TPSA) is 64.3 Å². The number of aliphatic hydroxyl groups excluding tert-OH is 1. The number of benzene rings is 1. The molecule has 0 spiro atoms. The molecule has 1 heterocycles. The Hall–Kier alpha value is -1.59. The van der Waals surface area contributed by atoms with Crippen LogP contribution in [0.15, 0.2) is 23.0 Å². The van der Waals surface area contributed by atoms with Crippen LogP contribution < -0.4 is 10.3 Å². The summed E-state index contributed by atoms with van der Waals surface area (Å²) in [6.07, 6.45) is 0. The van der Waals surface area contributed by atoms with E-state index in [0.717, 1.165) is 0 Å². The van der Waals surface area contributed by atoms with E-state index in [4.69, 9.17) is 21.4 Å². The Kier molecular flexibility index (Phi) is 3.31. The SMILES string of the molecule is COc1ccc2nc(Cl)n(CCO)c(=O)c2c1. The summed E-state index contributed by atoms with van der Waals surface area (Å²) in [7, 11) is 1.52. The lowest BCUT2D eigenvalue weighted by molar-refractivity contribution is 0.274. The summed E-state index contributed by atoms with van der Waals surface area (Å²) in [5, 5.41) is 9.36. The van der Waals surface area contributed by atoms with Gasteiger partial charge >= 0.3 is 0 Å². The number of ether oxygens (including phenoxy) is 1. The predicted octanol–water partition coefficient (Wildman–Crippen LogP) is 1.05. The Balaban J connectivity index is 2.74. The third kappa shape index (κ3) is 2.11. The van der Waals surface area contributed by atoms with Crippen LogP contribution in [0.5, 0.6) is 5.75 Å². The van der Waals surface area contributed by atoms with Gasteiger partial charge in [-0.2, -0.15) is 0 Å². The Labute approximate surface area is 102 Å². The number of aromatic nitrogens is 2. The molecule has 6 heteroatoms. The van der Waals surface area contributed by atoms with E-state index in [2.05, 4.69) is 4.98 Å². The number of aliphatic hydroxyl groups is 1. The molecule has 0 aliphatic carbocycles. The summed E-state index contributed by atoms with van der Waals surface area (Å²) >= 11 is 5.87. The third-order valence-electron chi connectivity index (χ3n) is 2.44. The van der Waals surface area contributed by atoms with E-state index in [1.165, 1.54) is 11.7 Å². The summed E-state index contributed by atoms with van der Waals surface area (Å²) in [6, 6.07) is 4.99. The number of hydrogen-bond acceptors (Lipinski definition) is 4. The Bertz CT molecular complexity index is 609. The number of nitrogens with zero attached hydrogens (tertiary/aromatic N) is 2. The van der Waals surface area contributed by atoms with Gasteiger partial charge in [0.15, 0.2) is 0 Å². The van der Waals surface area contributed by atoms with Crippen LogP contribution in [0.4, 0.5) is 0 Å². The van der Waals surface area contributed by atoms with Gasteiger partial charge in [-0.3, -0.25) is 9.36 Å². The molecule has 1 aromatic heterocycles. The van der Waals surface area contributed by atoms with Crippen LogP contribution in [0, 0.1) is 0 Å². The quantitative estimate of drug-likeness (QED) is 0.832. The maximum absolute atomic E-state index is 12.1. The average Bonchev–Trinajstić information content (AvgIpc) is 2.34. The van der Waals surface area contributed by atoms with Crippen molar-refractivity contribution in [2.45, 2.75) is 6.54 Å². The van der Waals surface area contributed by atoms with E-state index < -0.39 is 0 Å². The van der Waals surface area contributed by atoms with Crippen LogP contribution in [0.2, 0.25) is 5.28 Å². The van der Waals surface area contributed by atoms with E-state index in [0.29, 0.717) is 16.7 Å². The van der Waals surface area contributed by atoms with Gasteiger partial charge in [-0.15, -0.1) is 0 Å². The van der Waals surface area contributed by atoms with Gasteiger partial charge in [0.2, 0.25) is 5.28 Å². The lowest BCUT2D eigenvalue weighted by Crippen LogP contribution is -2.23. The molecule has 0 aliphatic heterocycles. The largest absolute Gasteiger partial charge is 0.497 e. The second-order valence-electron chi connectivity index (χ2n) is 3.44. The smallest absolute Gasteiger partial charge is 0.262 e. The van der Waals surface area contributed by atoms with Crippen molar-refractivity contribution in [3.63, 3.8) is 0 Å². The number of rotatable bonds is 3. The Morgan fingerprint density at radius 1 is 1.53 bits per heavy atom. The van der Waals surface area contributed by atoms with Crippen molar-refractivity contribution in [1.29, 1.82) is 0 Å². The van der Waals surface area contributed by atoms with Crippen LogP contribution >= 0.6 is 11.6 Å². The maximum Gasteiger partial charge on any atom is 0.262 e. The van der Waals surface area contributed by atoms with Gasteiger partial charge in [0.25, 0.3) is 5.56 Å². The number of hydrogen-bond donors (Lipinski definition) is 1. The molecule has 2 aromatic rings. The lowest BCUT2D eigenvalue weighted by Gasteiger charge is -2.08. The standard InChI is InChI=1S/C11H11ClN2O3/c1-17-7-2-3-9-8(6-7)10(16)14(4-5-15)11(12)13-9/h2-3,6,15H,4-5H2,1H3. The van der Waals surface area contributed by atoms with Gasteiger partial charge < -0.3 is 9.84 Å².